The molecular weight excluding hydrogens is 432 g/mol. The van der Waals surface area contributed by atoms with Gasteiger partial charge in [0.05, 0.1) is 12.8 Å². The number of rotatable bonds is 6. The summed E-state index contributed by atoms with van der Waals surface area (Å²) in [5, 5.41) is 11.8. The number of aromatic nitrogens is 2. The van der Waals surface area contributed by atoms with Gasteiger partial charge >= 0.3 is 0 Å². The standard InChI is InChI=1S/C23H23ClN4O4/c1-22(21(26)29)12-32-19-15(22)10-16(23(30,11-25)13-6-4-3-5-7-13)28-18(19)14-8-9-27-20(31-2)17(14)24/h3-10,30H,11-12,25H2,1-2H3,(H2,26,29)/t22-,23+/m0/s1. The Morgan fingerprint density at radius 3 is 2.69 bits per heavy atom. The van der Waals surface area contributed by atoms with Gasteiger partial charge in [-0.2, -0.15) is 0 Å². The summed E-state index contributed by atoms with van der Waals surface area (Å²) >= 11 is 6.53. The molecule has 32 heavy (non-hydrogen) atoms. The zero-order valence-electron chi connectivity index (χ0n) is 17.6. The summed E-state index contributed by atoms with van der Waals surface area (Å²) in [5.74, 6) is 0.00400. The molecule has 0 saturated carbocycles. The second kappa shape index (κ2) is 8.05. The second-order valence-electron chi connectivity index (χ2n) is 7.83. The molecule has 5 N–H and O–H groups in total. The van der Waals surface area contributed by atoms with Crippen molar-refractivity contribution in [1.29, 1.82) is 0 Å². The number of benzene rings is 1. The van der Waals surface area contributed by atoms with Crippen molar-refractivity contribution in [3.05, 3.63) is 70.5 Å². The highest BCUT2D eigenvalue weighted by Crippen LogP contribution is 2.48. The molecule has 2 atom stereocenters. The van der Waals surface area contributed by atoms with Crippen molar-refractivity contribution in [2.45, 2.75) is 17.9 Å². The van der Waals surface area contributed by atoms with E-state index in [1.54, 1.807) is 43.3 Å². The number of carbonyl (C=O) groups excluding carboxylic acids is 1. The first-order chi connectivity index (χ1) is 15.3. The van der Waals surface area contributed by atoms with Crippen molar-refractivity contribution < 1.29 is 19.4 Å². The lowest BCUT2D eigenvalue weighted by Crippen LogP contribution is -2.41. The van der Waals surface area contributed by atoms with Gasteiger partial charge in [-0.3, -0.25) is 4.79 Å². The van der Waals surface area contributed by atoms with Crippen LogP contribution in [0.3, 0.4) is 0 Å². The monoisotopic (exact) mass is 454 g/mol. The molecule has 9 heteroatoms. The molecule has 0 bridgehead atoms. The number of hydrogen-bond donors (Lipinski definition) is 3. The molecule has 8 nitrogen and oxygen atoms in total. The van der Waals surface area contributed by atoms with Crippen LogP contribution >= 0.6 is 11.6 Å². The van der Waals surface area contributed by atoms with Gasteiger partial charge in [0.15, 0.2) is 0 Å². The van der Waals surface area contributed by atoms with Gasteiger partial charge in [0.25, 0.3) is 0 Å². The van der Waals surface area contributed by atoms with Gasteiger partial charge in [-0.25, -0.2) is 9.97 Å². The average Bonchev–Trinajstić information content (AvgIpc) is 3.17. The first-order valence-corrected chi connectivity index (χ1v) is 10.3. The van der Waals surface area contributed by atoms with Crippen LogP contribution in [0.2, 0.25) is 5.02 Å². The lowest BCUT2D eigenvalue weighted by atomic mass is 9.81. The molecule has 3 heterocycles. The highest BCUT2D eigenvalue weighted by Gasteiger charge is 2.45. The lowest BCUT2D eigenvalue weighted by Gasteiger charge is -2.29. The van der Waals surface area contributed by atoms with Gasteiger partial charge in [-0.1, -0.05) is 41.9 Å². The molecule has 0 saturated heterocycles. The molecule has 0 spiro atoms. The van der Waals surface area contributed by atoms with E-state index in [0.29, 0.717) is 28.1 Å². The maximum absolute atomic E-state index is 12.4. The van der Waals surface area contributed by atoms with Crippen molar-refractivity contribution in [2.24, 2.45) is 11.5 Å². The molecule has 0 aliphatic carbocycles. The van der Waals surface area contributed by atoms with Crippen LogP contribution < -0.4 is 20.9 Å². The molecule has 0 radical (unpaired) electrons. The minimum Gasteiger partial charge on any atom is -0.489 e. The molecule has 1 aliphatic rings. The SMILES string of the molecule is COc1nccc(-c2nc([C@@](O)(CN)c3ccccc3)cc3c2OC[C@]3(C)C(N)=O)c1Cl. The van der Waals surface area contributed by atoms with Gasteiger partial charge in [-0.05, 0) is 24.6 Å². The molecule has 1 amide bonds. The van der Waals surface area contributed by atoms with Crippen molar-refractivity contribution in [3.8, 4) is 22.9 Å². The summed E-state index contributed by atoms with van der Waals surface area (Å²) in [6.07, 6.45) is 1.52. The Labute approximate surface area is 190 Å². The van der Waals surface area contributed by atoms with Gasteiger partial charge in [0.2, 0.25) is 11.8 Å². The van der Waals surface area contributed by atoms with Gasteiger partial charge < -0.3 is 26.0 Å². The van der Waals surface area contributed by atoms with Crippen LogP contribution in [0.4, 0.5) is 0 Å². The highest BCUT2D eigenvalue weighted by molar-refractivity contribution is 6.34. The number of primary amides is 1. The van der Waals surface area contributed by atoms with E-state index in [-0.39, 0.29) is 29.7 Å². The molecule has 1 aromatic carbocycles. The summed E-state index contributed by atoms with van der Waals surface area (Å²) < 4.78 is 11.1. The Bertz CT molecular complexity index is 1190. The third-order valence-electron chi connectivity index (χ3n) is 5.89. The van der Waals surface area contributed by atoms with Crippen LogP contribution in [0.1, 0.15) is 23.7 Å². The Kier molecular flexibility index (Phi) is 5.54. The van der Waals surface area contributed by atoms with Crippen LogP contribution in [-0.2, 0) is 15.8 Å². The average molecular weight is 455 g/mol. The molecule has 0 fully saturated rings. The van der Waals surface area contributed by atoms with E-state index in [1.807, 2.05) is 6.07 Å². The highest BCUT2D eigenvalue weighted by atomic mass is 35.5. The summed E-state index contributed by atoms with van der Waals surface area (Å²) in [6.45, 7) is 1.57. The fraction of sp³-hybridized carbons (Fsp3) is 0.261. The molecule has 0 unspecified atom stereocenters. The van der Waals surface area contributed by atoms with Gasteiger partial charge in [0, 0.05) is 23.9 Å². The van der Waals surface area contributed by atoms with E-state index in [1.165, 1.54) is 13.3 Å². The number of hydrogen-bond acceptors (Lipinski definition) is 7. The number of halogens is 1. The smallest absolute Gasteiger partial charge is 0.232 e. The molecular formula is C23H23ClN4O4. The van der Waals surface area contributed by atoms with Crippen molar-refractivity contribution >= 4 is 17.5 Å². The number of pyridine rings is 2. The van der Waals surface area contributed by atoms with Crippen molar-refractivity contribution in [3.63, 3.8) is 0 Å². The fourth-order valence-corrected chi connectivity index (χ4v) is 4.09. The van der Waals surface area contributed by atoms with E-state index >= 15 is 0 Å². The zero-order chi connectivity index (χ0) is 23.1. The molecule has 166 valence electrons. The van der Waals surface area contributed by atoms with Crippen LogP contribution in [-0.4, -0.2) is 41.2 Å². The van der Waals surface area contributed by atoms with Gasteiger partial charge in [0.1, 0.15) is 34.1 Å². The maximum Gasteiger partial charge on any atom is 0.232 e. The summed E-state index contributed by atoms with van der Waals surface area (Å²) in [5.41, 5.74) is 11.1. The Balaban J connectivity index is 2.04. The van der Waals surface area contributed by atoms with Crippen LogP contribution in [0.15, 0.2) is 48.7 Å². The third kappa shape index (κ3) is 3.28. The third-order valence-corrected chi connectivity index (χ3v) is 6.26. The fourth-order valence-electron chi connectivity index (χ4n) is 3.82. The van der Waals surface area contributed by atoms with Crippen LogP contribution in [0.5, 0.6) is 11.6 Å². The molecule has 3 aromatic rings. The van der Waals surface area contributed by atoms with E-state index in [2.05, 4.69) is 4.98 Å². The first kappa shape index (κ1) is 22.0. The number of nitrogens with zero attached hydrogens (tertiary/aromatic N) is 2. The van der Waals surface area contributed by atoms with Crippen molar-refractivity contribution in [1.82, 2.24) is 9.97 Å². The largest absolute Gasteiger partial charge is 0.489 e. The van der Waals surface area contributed by atoms with Gasteiger partial charge in [-0.15, -0.1) is 0 Å². The maximum atomic E-state index is 12.4. The first-order valence-electron chi connectivity index (χ1n) is 9.91. The van der Waals surface area contributed by atoms with E-state index in [0.717, 1.165) is 0 Å². The number of carbonyl (C=O) groups is 1. The summed E-state index contributed by atoms with van der Waals surface area (Å²) in [4.78, 5) is 21.2. The van der Waals surface area contributed by atoms with Crippen molar-refractivity contribution in [2.75, 3.05) is 20.3 Å². The second-order valence-corrected chi connectivity index (χ2v) is 8.21. The molecule has 2 aromatic heterocycles. The lowest BCUT2D eigenvalue weighted by molar-refractivity contribution is -0.123. The van der Waals surface area contributed by atoms with E-state index < -0.39 is 16.9 Å². The van der Waals surface area contributed by atoms with E-state index in [9.17, 15) is 9.90 Å². The number of methoxy groups -OCH3 is 1. The normalized spacial score (nSPS) is 19.0. The summed E-state index contributed by atoms with van der Waals surface area (Å²) in [7, 11) is 1.45. The summed E-state index contributed by atoms with van der Waals surface area (Å²) in [6, 6.07) is 12.2. The predicted molar refractivity (Wildman–Crippen MR) is 120 cm³/mol. The molecule has 4 rings (SSSR count). The Morgan fingerprint density at radius 1 is 1.34 bits per heavy atom. The Morgan fingerprint density at radius 2 is 2.06 bits per heavy atom. The number of amides is 1. The molecule has 1 aliphatic heterocycles. The van der Waals surface area contributed by atoms with E-state index in [4.69, 9.17) is 37.5 Å². The van der Waals surface area contributed by atoms with Crippen LogP contribution in [0, 0.1) is 0 Å². The number of aliphatic hydroxyl groups is 1. The Hall–Kier alpha value is -3.20. The topological polar surface area (TPSA) is 134 Å². The van der Waals surface area contributed by atoms with Crippen LogP contribution in [0.25, 0.3) is 11.3 Å². The quantitative estimate of drug-likeness (QED) is 0.519. The zero-order valence-corrected chi connectivity index (χ0v) is 18.4. The number of ether oxygens (including phenoxy) is 2. The minimum absolute atomic E-state index is 0.0298. The number of nitrogens with two attached hydrogens (primary N) is 2. The predicted octanol–water partition coefficient (Wildman–Crippen LogP) is 2.14. The number of fused-ring (bicyclic) bond motifs is 1. The minimum atomic E-state index is -1.63.